The van der Waals surface area contributed by atoms with Gasteiger partial charge >= 0.3 is 6.18 Å². The number of hydrogen-bond donors (Lipinski definition) is 1. The summed E-state index contributed by atoms with van der Waals surface area (Å²) in [7, 11) is 0. The highest BCUT2D eigenvalue weighted by atomic mass is 19.4. The Hall–Kier alpha value is -1.18. The molecule has 5 nitrogen and oxygen atoms in total. The van der Waals surface area contributed by atoms with E-state index in [4.69, 9.17) is 0 Å². The number of rotatable bonds is 5. The molecule has 8 heteroatoms. The van der Waals surface area contributed by atoms with Crippen molar-refractivity contribution in [2.45, 2.75) is 44.9 Å². The Bertz CT molecular complexity index is 408. The molecule has 102 valence electrons. The van der Waals surface area contributed by atoms with E-state index in [1.165, 1.54) is 0 Å². The van der Waals surface area contributed by atoms with Crippen LogP contribution in [0.25, 0.3) is 0 Å². The highest BCUT2D eigenvalue weighted by molar-refractivity contribution is 5.07. The van der Waals surface area contributed by atoms with Gasteiger partial charge in [0.25, 0.3) is 0 Å². The normalized spacial score (nSPS) is 18.3. The molecule has 1 aromatic rings. The molecule has 1 saturated carbocycles. The standard InChI is InChI=1S/C10H16F3N5/c1-7(2)5-14-6-8-15-16-17-18(8)9(3-4-9)10(11,12)13/h7,14H,3-6H2,1-2H3. The molecule has 1 N–H and O–H groups in total. The Morgan fingerprint density at radius 1 is 1.39 bits per heavy atom. The Kier molecular flexibility index (Phi) is 3.31. The van der Waals surface area contributed by atoms with Gasteiger partial charge in [-0.1, -0.05) is 13.8 Å². The van der Waals surface area contributed by atoms with Crippen molar-refractivity contribution in [1.29, 1.82) is 0 Å². The molecule has 18 heavy (non-hydrogen) atoms. The first-order valence-corrected chi connectivity index (χ1v) is 5.92. The van der Waals surface area contributed by atoms with Crippen LogP contribution in [-0.4, -0.2) is 32.9 Å². The van der Waals surface area contributed by atoms with Crippen LogP contribution in [0.5, 0.6) is 0 Å². The average Bonchev–Trinajstić information content (AvgIpc) is 2.93. The maximum Gasteiger partial charge on any atom is 0.413 e. The summed E-state index contributed by atoms with van der Waals surface area (Å²) >= 11 is 0. The molecule has 1 aromatic heterocycles. The van der Waals surface area contributed by atoms with Crippen molar-refractivity contribution in [3.8, 4) is 0 Å². The van der Waals surface area contributed by atoms with Crippen LogP contribution in [0, 0.1) is 5.92 Å². The van der Waals surface area contributed by atoms with Crippen LogP contribution in [0.15, 0.2) is 0 Å². The van der Waals surface area contributed by atoms with Gasteiger partial charge in [-0.3, -0.25) is 0 Å². The molecule has 0 spiro atoms. The number of tetrazole rings is 1. The van der Waals surface area contributed by atoms with Crippen molar-refractivity contribution < 1.29 is 13.2 Å². The van der Waals surface area contributed by atoms with Crippen LogP contribution in [0.4, 0.5) is 13.2 Å². The highest BCUT2D eigenvalue weighted by Crippen LogP contribution is 2.55. The second kappa shape index (κ2) is 4.49. The lowest BCUT2D eigenvalue weighted by Gasteiger charge is -2.20. The molecule has 2 rings (SSSR count). The maximum absolute atomic E-state index is 13.0. The number of hydrogen-bond acceptors (Lipinski definition) is 4. The Morgan fingerprint density at radius 3 is 2.56 bits per heavy atom. The molecular formula is C10H16F3N5. The summed E-state index contributed by atoms with van der Waals surface area (Å²) in [6.45, 7) is 5.01. The first-order chi connectivity index (χ1) is 8.37. The van der Waals surface area contributed by atoms with E-state index in [9.17, 15) is 13.2 Å². The van der Waals surface area contributed by atoms with Gasteiger partial charge in [0.2, 0.25) is 0 Å². The van der Waals surface area contributed by atoms with Gasteiger partial charge in [-0.05, 0) is 35.7 Å². The molecule has 1 aliphatic rings. The zero-order valence-corrected chi connectivity index (χ0v) is 10.3. The number of nitrogens with zero attached hydrogens (tertiary/aromatic N) is 4. The van der Waals surface area contributed by atoms with E-state index < -0.39 is 11.7 Å². The third-order valence-electron chi connectivity index (χ3n) is 3.03. The Labute approximate surface area is 103 Å². The zero-order valence-electron chi connectivity index (χ0n) is 10.3. The molecule has 1 aliphatic carbocycles. The fraction of sp³-hybridized carbons (Fsp3) is 0.900. The number of aromatic nitrogens is 4. The predicted octanol–water partition coefficient (Wildman–Crippen LogP) is 1.47. The minimum Gasteiger partial charge on any atom is -0.310 e. The Morgan fingerprint density at radius 2 is 2.06 bits per heavy atom. The van der Waals surface area contributed by atoms with E-state index >= 15 is 0 Å². The van der Waals surface area contributed by atoms with Gasteiger partial charge in [-0.15, -0.1) is 5.10 Å². The first-order valence-electron chi connectivity index (χ1n) is 5.92. The second-order valence-corrected chi connectivity index (χ2v) is 5.06. The maximum atomic E-state index is 13.0. The molecule has 0 bridgehead atoms. The second-order valence-electron chi connectivity index (χ2n) is 5.06. The van der Waals surface area contributed by atoms with Crippen molar-refractivity contribution in [3.63, 3.8) is 0 Å². The topological polar surface area (TPSA) is 55.6 Å². The van der Waals surface area contributed by atoms with E-state index in [-0.39, 0.29) is 25.2 Å². The SMILES string of the molecule is CC(C)CNCc1nnnn1C1(C(F)(F)F)CC1. The smallest absolute Gasteiger partial charge is 0.310 e. The fourth-order valence-corrected chi connectivity index (χ4v) is 1.85. The monoisotopic (exact) mass is 263 g/mol. The highest BCUT2D eigenvalue weighted by Gasteiger charge is 2.66. The third kappa shape index (κ3) is 2.33. The molecule has 0 aromatic carbocycles. The van der Waals surface area contributed by atoms with E-state index in [1.54, 1.807) is 0 Å². The largest absolute Gasteiger partial charge is 0.413 e. The zero-order chi connectivity index (χ0) is 13.4. The molecule has 0 saturated heterocycles. The summed E-state index contributed by atoms with van der Waals surface area (Å²) < 4.78 is 39.8. The van der Waals surface area contributed by atoms with Crippen molar-refractivity contribution >= 4 is 0 Å². The number of halogens is 3. The summed E-state index contributed by atoms with van der Waals surface area (Å²) in [5, 5.41) is 13.6. The van der Waals surface area contributed by atoms with E-state index in [0.717, 1.165) is 4.68 Å². The van der Waals surface area contributed by atoms with Crippen LogP contribution in [0.2, 0.25) is 0 Å². The van der Waals surface area contributed by atoms with E-state index in [0.29, 0.717) is 12.5 Å². The molecule has 0 atom stereocenters. The summed E-state index contributed by atoms with van der Waals surface area (Å²) in [6, 6.07) is 0. The van der Waals surface area contributed by atoms with Gasteiger partial charge in [-0.25, -0.2) is 4.68 Å². The van der Waals surface area contributed by atoms with Gasteiger partial charge in [0.15, 0.2) is 11.4 Å². The lowest BCUT2D eigenvalue weighted by molar-refractivity contribution is -0.183. The van der Waals surface area contributed by atoms with Gasteiger partial charge in [-0.2, -0.15) is 13.2 Å². The van der Waals surface area contributed by atoms with Gasteiger partial charge in [0, 0.05) is 0 Å². The molecular weight excluding hydrogens is 247 g/mol. The van der Waals surface area contributed by atoms with Crippen LogP contribution in [-0.2, 0) is 12.1 Å². The van der Waals surface area contributed by atoms with Crippen molar-refractivity contribution in [3.05, 3.63) is 5.82 Å². The fourth-order valence-electron chi connectivity index (χ4n) is 1.85. The number of alkyl halides is 3. The van der Waals surface area contributed by atoms with Crippen LogP contribution in [0.1, 0.15) is 32.5 Å². The van der Waals surface area contributed by atoms with Crippen molar-refractivity contribution in [2.75, 3.05) is 6.54 Å². The Balaban J connectivity index is 2.09. The van der Waals surface area contributed by atoms with Crippen LogP contribution < -0.4 is 5.32 Å². The van der Waals surface area contributed by atoms with E-state index in [1.807, 2.05) is 13.8 Å². The minimum absolute atomic E-state index is 0.0543. The molecule has 0 aliphatic heterocycles. The summed E-state index contributed by atoms with van der Waals surface area (Å²) in [4.78, 5) is 0. The minimum atomic E-state index is -4.30. The van der Waals surface area contributed by atoms with Crippen molar-refractivity contribution in [2.24, 2.45) is 5.92 Å². The van der Waals surface area contributed by atoms with E-state index in [2.05, 4.69) is 20.8 Å². The quantitative estimate of drug-likeness (QED) is 0.874. The van der Waals surface area contributed by atoms with Gasteiger partial charge in [0.1, 0.15) is 0 Å². The molecule has 1 heterocycles. The number of nitrogens with one attached hydrogen (secondary N) is 1. The lowest BCUT2D eigenvalue weighted by Crippen LogP contribution is -2.37. The molecule has 0 unspecified atom stereocenters. The van der Waals surface area contributed by atoms with Crippen LogP contribution in [0.3, 0.4) is 0 Å². The summed E-state index contributed by atoms with van der Waals surface area (Å²) in [5.74, 6) is 0.664. The van der Waals surface area contributed by atoms with Crippen molar-refractivity contribution in [1.82, 2.24) is 25.5 Å². The third-order valence-corrected chi connectivity index (χ3v) is 3.03. The first kappa shape index (κ1) is 13.3. The molecule has 1 fully saturated rings. The predicted molar refractivity (Wildman–Crippen MR) is 57.6 cm³/mol. The van der Waals surface area contributed by atoms with Crippen LogP contribution >= 0.6 is 0 Å². The lowest BCUT2D eigenvalue weighted by atomic mass is 10.2. The summed E-state index contributed by atoms with van der Waals surface area (Å²) in [5.41, 5.74) is -1.87. The molecule has 0 amide bonds. The summed E-state index contributed by atoms with van der Waals surface area (Å²) in [6.07, 6.45) is -4.19. The van der Waals surface area contributed by atoms with Gasteiger partial charge < -0.3 is 5.32 Å². The van der Waals surface area contributed by atoms with Gasteiger partial charge in [0.05, 0.1) is 6.54 Å². The molecule has 0 radical (unpaired) electrons. The average molecular weight is 263 g/mol.